The molecule has 0 aromatic heterocycles. The molecule has 12 heteroatoms. The van der Waals surface area contributed by atoms with Crippen molar-refractivity contribution < 1.29 is 27.3 Å². The van der Waals surface area contributed by atoms with Crippen LogP contribution in [0.25, 0.3) is 0 Å². The van der Waals surface area contributed by atoms with Crippen molar-refractivity contribution in [3.63, 3.8) is 0 Å². The standard InChI is InChI=1S/C31H64N4O6Si2/c1-7-38-42(5,39-8-2)23-11-21-32-30(36)34-28-17-13-26(14-18-28)25-27-15-19-29(20-16-27)35-31(37)33-22-12-24-43(6,40-9-3)41-10-4/h26-29H,7-25H2,1-6H3,(H2,32,34,36)(H2,33,35,37). The second-order valence-electron chi connectivity index (χ2n) is 12.7. The number of carbonyl (C=O) groups is 2. The number of urea groups is 2. The molecule has 0 unspecified atom stereocenters. The highest BCUT2D eigenvalue weighted by molar-refractivity contribution is 6.66. The Kier molecular flexibility index (Phi) is 18.4. The Labute approximate surface area is 264 Å². The smallest absolute Gasteiger partial charge is 0.334 e. The van der Waals surface area contributed by atoms with Gasteiger partial charge in [0, 0.05) is 51.6 Å². The van der Waals surface area contributed by atoms with Crippen molar-refractivity contribution >= 4 is 29.2 Å². The van der Waals surface area contributed by atoms with Crippen LogP contribution < -0.4 is 21.3 Å². The fourth-order valence-corrected chi connectivity index (χ4v) is 11.7. The molecule has 0 atom stereocenters. The molecule has 2 aliphatic carbocycles. The fourth-order valence-electron chi connectivity index (χ4n) is 6.85. The lowest BCUT2D eigenvalue weighted by molar-refractivity contribution is 0.187. The van der Waals surface area contributed by atoms with E-state index in [0.29, 0.717) is 39.5 Å². The van der Waals surface area contributed by atoms with Crippen LogP contribution in [0.2, 0.25) is 25.2 Å². The van der Waals surface area contributed by atoms with Crippen LogP contribution in [0.15, 0.2) is 0 Å². The van der Waals surface area contributed by atoms with E-state index in [9.17, 15) is 9.59 Å². The second kappa shape index (κ2) is 20.8. The molecule has 0 aromatic carbocycles. The molecular weight excluding hydrogens is 581 g/mol. The zero-order chi connectivity index (χ0) is 31.6. The van der Waals surface area contributed by atoms with E-state index in [2.05, 4.69) is 34.4 Å². The monoisotopic (exact) mass is 644 g/mol. The number of nitrogens with one attached hydrogen (secondary N) is 4. The van der Waals surface area contributed by atoms with Gasteiger partial charge in [-0.25, -0.2) is 9.59 Å². The molecule has 43 heavy (non-hydrogen) atoms. The Balaban J connectivity index is 1.54. The highest BCUT2D eigenvalue weighted by atomic mass is 28.4. The molecule has 2 aliphatic rings. The minimum Gasteiger partial charge on any atom is -0.395 e. The molecule has 2 rings (SSSR count). The maximum Gasteiger partial charge on any atom is 0.334 e. The summed E-state index contributed by atoms with van der Waals surface area (Å²) in [5.41, 5.74) is 0. The highest BCUT2D eigenvalue weighted by Crippen LogP contribution is 2.35. The van der Waals surface area contributed by atoms with Gasteiger partial charge in [0.1, 0.15) is 0 Å². The lowest BCUT2D eigenvalue weighted by Crippen LogP contribution is -2.45. The van der Waals surface area contributed by atoms with Crippen LogP contribution in [0.5, 0.6) is 0 Å². The van der Waals surface area contributed by atoms with Gasteiger partial charge in [0.15, 0.2) is 0 Å². The van der Waals surface area contributed by atoms with Crippen LogP contribution in [-0.2, 0) is 17.7 Å². The van der Waals surface area contributed by atoms with Crippen LogP contribution in [0, 0.1) is 11.8 Å². The first kappa shape index (κ1) is 38.0. The van der Waals surface area contributed by atoms with Gasteiger partial charge < -0.3 is 39.0 Å². The largest absolute Gasteiger partial charge is 0.395 e. The Morgan fingerprint density at radius 3 is 1.21 bits per heavy atom. The SMILES string of the molecule is CCO[Si](C)(CCCNC(=O)NC1CCC(CC2CCC(NC(=O)NCCC[Si](C)(OCC)OCC)CC2)CC1)OCC. The molecule has 0 heterocycles. The minimum absolute atomic E-state index is 0.0501. The summed E-state index contributed by atoms with van der Waals surface area (Å²) in [6.45, 7) is 16.2. The molecule has 252 valence electrons. The Bertz CT molecular complexity index is 705. The van der Waals surface area contributed by atoms with Crippen molar-refractivity contribution in [2.45, 2.75) is 136 Å². The van der Waals surface area contributed by atoms with Crippen molar-refractivity contribution in [3.05, 3.63) is 0 Å². The maximum absolute atomic E-state index is 12.4. The van der Waals surface area contributed by atoms with Crippen LogP contribution in [0.3, 0.4) is 0 Å². The zero-order valence-electron chi connectivity index (χ0n) is 28.2. The van der Waals surface area contributed by atoms with E-state index < -0.39 is 17.1 Å². The molecule has 2 fully saturated rings. The molecule has 0 spiro atoms. The first-order valence-electron chi connectivity index (χ1n) is 17.3. The Morgan fingerprint density at radius 2 is 0.907 bits per heavy atom. The van der Waals surface area contributed by atoms with Gasteiger partial charge in [-0.2, -0.15) is 0 Å². The van der Waals surface area contributed by atoms with E-state index >= 15 is 0 Å². The summed E-state index contributed by atoms with van der Waals surface area (Å²) in [4.78, 5) is 24.9. The van der Waals surface area contributed by atoms with Gasteiger partial charge in [0.25, 0.3) is 0 Å². The number of hydrogen-bond donors (Lipinski definition) is 4. The van der Waals surface area contributed by atoms with E-state index in [0.717, 1.165) is 62.4 Å². The lowest BCUT2D eigenvalue weighted by Gasteiger charge is -2.34. The van der Waals surface area contributed by atoms with E-state index in [1.807, 2.05) is 27.7 Å². The molecule has 4 N–H and O–H groups in total. The third-order valence-electron chi connectivity index (χ3n) is 9.02. The number of hydrogen-bond acceptors (Lipinski definition) is 6. The topological polar surface area (TPSA) is 119 Å². The molecule has 10 nitrogen and oxygen atoms in total. The van der Waals surface area contributed by atoms with Crippen molar-refractivity contribution in [1.29, 1.82) is 0 Å². The zero-order valence-corrected chi connectivity index (χ0v) is 30.2. The van der Waals surface area contributed by atoms with Crippen LogP contribution in [-0.4, -0.2) is 80.8 Å². The van der Waals surface area contributed by atoms with Gasteiger partial charge in [0.05, 0.1) is 0 Å². The van der Waals surface area contributed by atoms with Crippen molar-refractivity contribution in [2.24, 2.45) is 11.8 Å². The number of carbonyl (C=O) groups excluding carboxylic acids is 2. The lowest BCUT2D eigenvalue weighted by atomic mass is 9.75. The summed E-state index contributed by atoms with van der Waals surface area (Å²) in [5, 5.41) is 12.4. The summed E-state index contributed by atoms with van der Waals surface area (Å²) in [6.07, 6.45) is 12.0. The summed E-state index contributed by atoms with van der Waals surface area (Å²) < 4.78 is 23.5. The molecule has 0 saturated heterocycles. The fraction of sp³-hybridized carbons (Fsp3) is 0.935. The van der Waals surface area contributed by atoms with Gasteiger partial charge in [-0.15, -0.1) is 0 Å². The molecule has 2 saturated carbocycles. The van der Waals surface area contributed by atoms with Gasteiger partial charge in [-0.3, -0.25) is 0 Å². The highest BCUT2D eigenvalue weighted by Gasteiger charge is 2.31. The maximum atomic E-state index is 12.4. The first-order valence-corrected chi connectivity index (χ1v) is 22.3. The van der Waals surface area contributed by atoms with Gasteiger partial charge in [-0.1, -0.05) is 0 Å². The normalized spacial score (nSPS) is 23.0. The second-order valence-corrected chi connectivity index (χ2v) is 19.4. The van der Waals surface area contributed by atoms with Crippen LogP contribution in [0.4, 0.5) is 9.59 Å². The van der Waals surface area contributed by atoms with Gasteiger partial charge in [0.2, 0.25) is 0 Å². The molecule has 0 aromatic rings. The molecule has 0 aliphatic heterocycles. The summed E-state index contributed by atoms with van der Waals surface area (Å²) >= 11 is 0. The van der Waals surface area contributed by atoms with Crippen LogP contribution in [0.1, 0.15) is 98.3 Å². The van der Waals surface area contributed by atoms with Crippen molar-refractivity contribution in [3.8, 4) is 0 Å². The van der Waals surface area contributed by atoms with E-state index in [4.69, 9.17) is 17.7 Å². The Hall–Kier alpha value is -1.19. The summed E-state index contributed by atoms with van der Waals surface area (Å²) in [6, 6.07) is 2.22. The van der Waals surface area contributed by atoms with E-state index in [1.54, 1.807) is 0 Å². The van der Waals surface area contributed by atoms with Gasteiger partial charge in [-0.05, 0) is 135 Å². The molecular formula is C31H64N4O6Si2. The molecule has 0 radical (unpaired) electrons. The third-order valence-corrected chi connectivity index (χ3v) is 15.1. The van der Waals surface area contributed by atoms with E-state index in [-0.39, 0.29) is 24.1 Å². The Morgan fingerprint density at radius 1 is 0.581 bits per heavy atom. The minimum atomic E-state index is -2.12. The summed E-state index contributed by atoms with van der Waals surface area (Å²) in [7, 11) is -4.23. The average molecular weight is 645 g/mol. The first-order chi connectivity index (χ1) is 20.6. The van der Waals surface area contributed by atoms with Crippen LogP contribution >= 0.6 is 0 Å². The quantitative estimate of drug-likeness (QED) is 0.0931. The third kappa shape index (κ3) is 15.6. The van der Waals surface area contributed by atoms with Gasteiger partial charge >= 0.3 is 29.2 Å². The van der Waals surface area contributed by atoms with E-state index in [1.165, 1.54) is 32.1 Å². The van der Waals surface area contributed by atoms with Crippen molar-refractivity contribution in [1.82, 2.24) is 21.3 Å². The predicted molar refractivity (Wildman–Crippen MR) is 178 cm³/mol. The molecule has 0 bridgehead atoms. The summed E-state index contributed by atoms with van der Waals surface area (Å²) in [5.74, 6) is 1.50. The number of amides is 4. The molecule has 4 amide bonds. The average Bonchev–Trinajstić information content (AvgIpc) is 2.96. The predicted octanol–water partition coefficient (Wildman–Crippen LogP) is 6.16. The van der Waals surface area contributed by atoms with Crippen molar-refractivity contribution in [2.75, 3.05) is 39.5 Å². The number of rotatable bonds is 20.